The van der Waals surface area contributed by atoms with E-state index in [-0.39, 0.29) is 23.0 Å². The number of hydrogen-bond donors (Lipinski definition) is 0. The molecule has 22 nitrogen and oxygen atoms in total. The normalized spacial score (nSPS) is 13.4. The molecule has 0 bridgehead atoms. The Morgan fingerprint density at radius 1 is 0.541 bits per heavy atom. The maximum absolute atomic E-state index is 13.6. The first-order valence-corrected chi connectivity index (χ1v) is 26.6. The van der Waals surface area contributed by atoms with Crippen LogP contribution in [0.2, 0.25) is 0 Å². The number of nitrogens with zero attached hydrogens (tertiary/aromatic N) is 10. The highest BCUT2D eigenvalue weighted by molar-refractivity contribution is 7.91. The second kappa shape index (κ2) is 22.1. The van der Waals surface area contributed by atoms with Gasteiger partial charge < -0.3 is 38.2 Å². The summed E-state index contributed by atoms with van der Waals surface area (Å²) in [5, 5.41) is 40.1. The molecular weight excluding hydrogens is 997 g/mol. The summed E-state index contributed by atoms with van der Waals surface area (Å²) in [6, 6.07) is 17.5. The molecule has 0 aliphatic carbocycles. The van der Waals surface area contributed by atoms with Crippen molar-refractivity contribution < 1.29 is 54.1 Å². The van der Waals surface area contributed by atoms with Crippen LogP contribution in [0.4, 0.5) is 0 Å². The molecule has 0 amide bonds. The molecule has 392 valence electrons. The third-order valence-corrected chi connectivity index (χ3v) is 17.1. The van der Waals surface area contributed by atoms with E-state index in [0.717, 1.165) is 0 Å². The highest BCUT2D eigenvalue weighted by Gasteiger charge is 2.37. The van der Waals surface area contributed by atoms with Crippen LogP contribution in [0.3, 0.4) is 0 Å². The van der Waals surface area contributed by atoms with Gasteiger partial charge in [-0.2, -0.15) is 9.46 Å². The summed E-state index contributed by atoms with van der Waals surface area (Å²) in [6.45, 7) is 13.5. The maximum atomic E-state index is 13.6. The molecule has 24 heteroatoms. The molecule has 8 rings (SSSR count). The number of sulfone groups is 2. The molecule has 6 heterocycles. The molecule has 8 aromatic rings. The number of rotatable bonds is 18. The minimum atomic E-state index is -3.84. The lowest BCUT2D eigenvalue weighted by molar-refractivity contribution is -0.616. The Balaban J connectivity index is 0.000000216. The SMILES string of the molecule is COc1cccc(OC)c1-n1c(CS(=O)(=O)[C@@H](C)[C@H](C)c2cnc(C)c[n+]2[O-])nnc1-c1ccc(C)o1.COc1cccc(OC)c1-n1c(CS(=O)(=O)[C@H](C)[C@@H](C)c2cnc(C)c[n+]2[O-])nnc1-c1ccc(C)o1. The summed E-state index contributed by atoms with van der Waals surface area (Å²) in [6.07, 6.45) is 5.48. The third-order valence-electron chi connectivity index (χ3n) is 12.7. The molecular formula is C50H58N10O12S2. The average Bonchev–Trinajstić information content (AvgIpc) is 4.19. The molecule has 4 atom stereocenters. The maximum Gasteiger partial charge on any atom is 0.215 e. The summed E-state index contributed by atoms with van der Waals surface area (Å²) < 4.78 is 92.9. The van der Waals surface area contributed by atoms with Crippen LogP contribution >= 0.6 is 0 Å². The fraction of sp³-hybridized carbons (Fsp3) is 0.360. The van der Waals surface area contributed by atoms with Crippen molar-refractivity contribution in [2.24, 2.45) is 0 Å². The Kier molecular flexibility index (Phi) is 16.1. The molecule has 0 aliphatic heterocycles. The van der Waals surface area contributed by atoms with Crippen LogP contribution in [-0.2, 0) is 31.2 Å². The minimum absolute atomic E-state index is 0.142. The van der Waals surface area contributed by atoms with Gasteiger partial charge in [0.05, 0.1) is 63.2 Å². The molecule has 0 aliphatic rings. The Morgan fingerprint density at radius 3 is 1.16 bits per heavy atom. The van der Waals surface area contributed by atoms with Gasteiger partial charge in [-0.1, -0.05) is 26.0 Å². The molecule has 74 heavy (non-hydrogen) atoms. The first kappa shape index (κ1) is 53.9. The van der Waals surface area contributed by atoms with E-state index in [4.69, 9.17) is 27.8 Å². The molecule has 0 fully saturated rings. The minimum Gasteiger partial charge on any atom is -0.618 e. The molecule has 0 radical (unpaired) electrons. The van der Waals surface area contributed by atoms with E-state index in [0.29, 0.717) is 89.9 Å². The summed E-state index contributed by atoms with van der Waals surface area (Å²) in [5.41, 5.74) is 2.49. The van der Waals surface area contributed by atoms with Crippen LogP contribution in [0, 0.1) is 38.1 Å². The lowest BCUT2D eigenvalue weighted by Crippen LogP contribution is -2.38. The fourth-order valence-corrected chi connectivity index (χ4v) is 11.3. The van der Waals surface area contributed by atoms with Gasteiger partial charge in [0.2, 0.25) is 35.4 Å². The van der Waals surface area contributed by atoms with E-state index in [1.54, 1.807) is 125 Å². The number of benzene rings is 2. The monoisotopic (exact) mass is 1050 g/mol. The number of ether oxygens (including phenoxy) is 4. The van der Waals surface area contributed by atoms with E-state index in [9.17, 15) is 27.3 Å². The first-order chi connectivity index (χ1) is 35.1. The first-order valence-electron chi connectivity index (χ1n) is 23.1. The Morgan fingerprint density at radius 2 is 0.878 bits per heavy atom. The molecule has 6 aromatic heterocycles. The van der Waals surface area contributed by atoms with Crippen LogP contribution in [-0.4, -0.2) is 95.3 Å². The highest BCUT2D eigenvalue weighted by Crippen LogP contribution is 2.39. The van der Waals surface area contributed by atoms with Gasteiger partial charge in [0, 0.05) is 0 Å². The third kappa shape index (κ3) is 11.0. The van der Waals surface area contributed by atoms with Crippen LogP contribution in [0.15, 0.2) is 94.3 Å². The van der Waals surface area contributed by atoms with Gasteiger partial charge in [-0.25, -0.2) is 26.8 Å². The van der Waals surface area contributed by atoms with E-state index in [1.807, 2.05) is 0 Å². The van der Waals surface area contributed by atoms with E-state index < -0.39 is 53.5 Å². The van der Waals surface area contributed by atoms with Crippen molar-refractivity contribution in [3.8, 4) is 57.5 Å². The number of furan rings is 2. The number of methoxy groups -OCH3 is 4. The molecule has 0 unspecified atom stereocenters. The van der Waals surface area contributed by atoms with Crippen molar-refractivity contribution in [3.05, 3.63) is 142 Å². The van der Waals surface area contributed by atoms with Crippen molar-refractivity contribution in [1.82, 2.24) is 39.5 Å². The van der Waals surface area contributed by atoms with Crippen molar-refractivity contribution >= 4 is 19.7 Å². The summed E-state index contributed by atoms with van der Waals surface area (Å²) >= 11 is 0. The van der Waals surface area contributed by atoms with Crippen molar-refractivity contribution in [2.75, 3.05) is 28.4 Å². The standard InChI is InChI=1S/2C25H29N5O6S/c2*1-15-13-29(31)19(12-26-15)17(3)18(4)37(32,33)14-23-27-28-25(22-11-10-16(2)36-22)30(23)24-20(34-5)8-7-9-21(24)35-6/h2*7-13,17-18H,14H2,1-6H3/t2*17-,18-/m10/s1. The second-order valence-electron chi connectivity index (χ2n) is 17.6. The largest absolute Gasteiger partial charge is 0.618 e. The number of para-hydroxylation sites is 2. The zero-order valence-electron chi connectivity index (χ0n) is 43.0. The van der Waals surface area contributed by atoms with Gasteiger partial charge in [-0.3, -0.25) is 9.13 Å². The average molecular weight is 1060 g/mol. The van der Waals surface area contributed by atoms with Crippen LogP contribution in [0.1, 0.15) is 85.5 Å². The molecule has 0 saturated carbocycles. The van der Waals surface area contributed by atoms with Crippen molar-refractivity contribution in [3.63, 3.8) is 0 Å². The zero-order chi connectivity index (χ0) is 53.8. The lowest BCUT2D eigenvalue weighted by atomic mass is 10.1. The van der Waals surface area contributed by atoms with Gasteiger partial charge in [-0.15, -0.1) is 20.4 Å². The quantitative estimate of drug-likeness (QED) is 0.0647. The fourth-order valence-electron chi connectivity index (χ4n) is 8.19. The van der Waals surface area contributed by atoms with Crippen LogP contribution < -0.4 is 28.4 Å². The Hall–Kier alpha value is -7.86. The Bertz CT molecular complexity index is 3240. The van der Waals surface area contributed by atoms with E-state index in [1.165, 1.54) is 53.2 Å². The van der Waals surface area contributed by atoms with Gasteiger partial charge in [0.1, 0.15) is 68.8 Å². The van der Waals surface area contributed by atoms with Crippen LogP contribution in [0.25, 0.3) is 34.5 Å². The van der Waals surface area contributed by atoms with Gasteiger partial charge >= 0.3 is 0 Å². The number of aromatic nitrogens is 10. The van der Waals surface area contributed by atoms with E-state index >= 15 is 0 Å². The van der Waals surface area contributed by atoms with Gasteiger partial charge in [-0.05, 0) is 90.1 Å². The van der Waals surface area contributed by atoms with E-state index in [2.05, 4.69) is 30.4 Å². The van der Waals surface area contributed by atoms with Crippen molar-refractivity contribution in [1.29, 1.82) is 0 Å². The molecule has 0 saturated heterocycles. The predicted molar refractivity (Wildman–Crippen MR) is 271 cm³/mol. The lowest BCUT2D eigenvalue weighted by Gasteiger charge is -2.20. The highest BCUT2D eigenvalue weighted by atomic mass is 32.2. The van der Waals surface area contributed by atoms with Gasteiger partial charge in [0.25, 0.3) is 0 Å². The summed E-state index contributed by atoms with van der Waals surface area (Å²) in [5.74, 6) is 2.57. The summed E-state index contributed by atoms with van der Waals surface area (Å²) in [7, 11) is -1.64. The summed E-state index contributed by atoms with van der Waals surface area (Å²) in [4.78, 5) is 8.32. The predicted octanol–water partition coefficient (Wildman–Crippen LogP) is 6.59. The smallest absolute Gasteiger partial charge is 0.215 e. The molecule has 2 aromatic carbocycles. The topological polar surface area (TPSA) is 273 Å². The Labute approximate surface area is 428 Å². The number of aryl methyl sites for hydroxylation is 4. The van der Waals surface area contributed by atoms with Gasteiger partial charge in [0.15, 0.2) is 42.8 Å². The zero-order valence-corrected chi connectivity index (χ0v) is 44.6. The van der Waals surface area contributed by atoms with Crippen LogP contribution in [0.5, 0.6) is 23.0 Å². The van der Waals surface area contributed by atoms with Crippen molar-refractivity contribution in [2.45, 2.75) is 89.2 Å². The second-order valence-corrected chi connectivity index (χ2v) is 22.3. The molecule has 0 spiro atoms. The number of hydrogen-bond acceptors (Lipinski definition) is 18. The molecule has 0 N–H and O–H groups in total.